The highest BCUT2D eigenvalue weighted by Gasteiger charge is 2.38. The second kappa shape index (κ2) is 10.7. The first-order valence-electron chi connectivity index (χ1n) is 10.8. The minimum absolute atomic E-state index is 0.00162. The molecule has 2 atom stereocenters. The van der Waals surface area contributed by atoms with Gasteiger partial charge in [-0.1, -0.05) is 12.1 Å². The number of carbonyl (C=O) groups is 2. The number of thiazole rings is 1. The molecule has 0 radical (unpaired) electrons. The Balaban J connectivity index is 1.86. The fraction of sp³-hybridized carbons (Fsp3) is 0.364. The second-order valence-corrected chi connectivity index (χ2v) is 8.57. The van der Waals surface area contributed by atoms with Gasteiger partial charge in [0.15, 0.2) is 10.8 Å². The van der Waals surface area contributed by atoms with E-state index >= 15 is 0 Å². The number of hydrogen-bond donors (Lipinski definition) is 2. The molecule has 0 aliphatic carbocycles. The lowest BCUT2D eigenvalue weighted by atomic mass is 9.94. The Kier molecular flexibility index (Phi) is 7.48. The molecular formula is C22H23N5O7S. The van der Waals surface area contributed by atoms with E-state index < -0.39 is 28.9 Å². The zero-order chi connectivity index (χ0) is 24.9. The van der Waals surface area contributed by atoms with Crippen LogP contribution in [0.4, 0.5) is 5.69 Å². The number of nitrogens with one attached hydrogen (secondary N) is 1. The summed E-state index contributed by atoms with van der Waals surface area (Å²) in [6, 6.07) is 4.08. The van der Waals surface area contributed by atoms with Gasteiger partial charge in [-0.3, -0.25) is 24.8 Å². The Morgan fingerprint density at radius 2 is 2.20 bits per heavy atom. The van der Waals surface area contributed by atoms with Crippen molar-refractivity contribution in [2.45, 2.75) is 19.0 Å². The van der Waals surface area contributed by atoms with E-state index in [1.807, 2.05) is 0 Å². The summed E-state index contributed by atoms with van der Waals surface area (Å²) in [4.78, 5) is 46.9. The Bertz CT molecular complexity index is 1180. The first-order valence-corrected chi connectivity index (χ1v) is 11.7. The Morgan fingerprint density at radius 3 is 2.89 bits per heavy atom. The molecular weight excluding hydrogens is 478 g/mol. The number of ether oxygens (including phenoxy) is 2. The quantitative estimate of drug-likeness (QED) is 0.310. The Morgan fingerprint density at radius 1 is 1.40 bits per heavy atom. The summed E-state index contributed by atoms with van der Waals surface area (Å²) in [5.74, 6) is -1.42. The van der Waals surface area contributed by atoms with Crippen molar-refractivity contribution in [3.05, 3.63) is 67.8 Å². The number of morpholine rings is 1. The molecule has 0 spiro atoms. The maximum atomic E-state index is 13.2. The number of nitro groups is 1. The van der Waals surface area contributed by atoms with Crippen LogP contribution in [0.2, 0.25) is 0 Å². The molecule has 0 saturated carbocycles. The van der Waals surface area contributed by atoms with Crippen molar-refractivity contribution in [1.82, 2.24) is 15.2 Å². The molecule has 12 nitrogen and oxygen atoms in total. The summed E-state index contributed by atoms with van der Waals surface area (Å²) in [6.45, 7) is 2.41. The average molecular weight is 502 g/mol. The third kappa shape index (κ3) is 5.21. The van der Waals surface area contributed by atoms with E-state index in [4.69, 9.17) is 9.47 Å². The lowest BCUT2D eigenvalue weighted by Gasteiger charge is -2.35. The summed E-state index contributed by atoms with van der Waals surface area (Å²) >= 11 is 1.31. The average Bonchev–Trinajstić information content (AvgIpc) is 3.39. The van der Waals surface area contributed by atoms with E-state index in [0.717, 1.165) is 0 Å². The number of amidine groups is 1. The van der Waals surface area contributed by atoms with Gasteiger partial charge in [-0.15, -0.1) is 11.3 Å². The molecule has 1 aromatic carbocycles. The summed E-state index contributed by atoms with van der Waals surface area (Å²) in [6.07, 6.45) is 1.59. The predicted octanol–water partition coefficient (Wildman–Crippen LogP) is 1.75. The van der Waals surface area contributed by atoms with Crippen molar-refractivity contribution in [2.75, 3.05) is 32.9 Å². The van der Waals surface area contributed by atoms with Gasteiger partial charge in [-0.2, -0.15) is 0 Å². The van der Waals surface area contributed by atoms with Crippen molar-refractivity contribution in [3.63, 3.8) is 0 Å². The Labute approximate surface area is 204 Å². The van der Waals surface area contributed by atoms with E-state index in [1.54, 1.807) is 35.5 Å². The number of carbonyl (C=O) groups excluding carboxylic acids is 1. The van der Waals surface area contributed by atoms with E-state index in [0.29, 0.717) is 29.7 Å². The molecule has 0 amide bonds. The molecule has 3 heterocycles. The minimum atomic E-state index is -1.06. The minimum Gasteiger partial charge on any atom is -0.480 e. The number of para-hydroxylation sites is 1. The van der Waals surface area contributed by atoms with E-state index in [2.05, 4.69) is 15.3 Å². The SMILES string of the molecule is CCOC(=O)C1=C(CN2CCOCC2C(=O)O)NC(c2nccs2)=NC1c1ccccc1[N+](=O)[O-]. The second-order valence-electron chi connectivity index (χ2n) is 7.67. The molecule has 2 N–H and O–H groups in total. The van der Waals surface area contributed by atoms with E-state index in [9.17, 15) is 24.8 Å². The largest absolute Gasteiger partial charge is 0.480 e. The first kappa shape index (κ1) is 24.4. The number of aromatic nitrogens is 1. The number of carboxylic acid groups (broad SMARTS) is 1. The van der Waals surface area contributed by atoms with Gasteiger partial charge >= 0.3 is 11.9 Å². The lowest BCUT2D eigenvalue weighted by Crippen LogP contribution is -2.52. The molecule has 1 saturated heterocycles. The Hall–Kier alpha value is -3.68. The van der Waals surface area contributed by atoms with Gasteiger partial charge in [0, 0.05) is 36.4 Å². The first-order chi connectivity index (χ1) is 16.9. The van der Waals surface area contributed by atoms with Crippen LogP contribution in [0.25, 0.3) is 0 Å². The third-order valence-electron chi connectivity index (χ3n) is 5.57. The van der Waals surface area contributed by atoms with E-state index in [1.165, 1.54) is 23.5 Å². The van der Waals surface area contributed by atoms with Crippen LogP contribution in [0.1, 0.15) is 23.5 Å². The van der Waals surface area contributed by atoms with Crippen molar-refractivity contribution in [2.24, 2.45) is 4.99 Å². The summed E-state index contributed by atoms with van der Waals surface area (Å²) in [5, 5.41) is 26.9. The molecule has 2 aliphatic heterocycles. The molecule has 2 unspecified atom stereocenters. The van der Waals surface area contributed by atoms with Crippen LogP contribution in [0.15, 0.2) is 52.1 Å². The summed E-state index contributed by atoms with van der Waals surface area (Å²) in [5.41, 5.74) is 0.444. The van der Waals surface area contributed by atoms with Crippen LogP contribution in [0.3, 0.4) is 0 Å². The van der Waals surface area contributed by atoms with Crippen LogP contribution in [0.5, 0.6) is 0 Å². The number of aliphatic imine (C=N–C) groups is 1. The molecule has 1 fully saturated rings. The van der Waals surface area contributed by atoms with Gasteiger partial charge in [-0.05, 0) is 13.0 Å². The maximum absolute atomic E-state index is 13.2. The van der Waals surface area contributed by atoms with Gasteiger partial charge < -0.3 is 19.9 Å². The van der Waals surface area contributed by atoms with E-state index in [-0.39, 0.29) is 36.6 Å². The topological polar surface area (TPSA) is 156 Å². The number of aliphatic carboxylic acids is 1. The third-order valence-corrected chi connectivity index (χ3v) is 6.35. The van der Waals surface area contributed by atoms with Crippen LogP contribution >= 0.6 is 11.3 Å². The highest BCUT2D eigenvalue weighted by atomic mass is 32.1. The molecule has 13 heteroatoms. The van der Waals surface area contributed by atoms with Crippen LogP contribution in [0, 0.1) is 10.1 Å². The standard InChI is InChI=1S/C22H23N5O7S/c1-2-34-22(30)17-14(11-26-8-9-33-12-16(26)21(28)29)24-19(20-23-7-10-35-20)25-18(17)13-5-3-4-6-15(13)27(31)32/h3-7,10,16,18H,2,8-9,11-12H2,1H3,(H,24,25)(H,28,29). The highest BCUT2D eigenvalue weighted by Crippen LogP contribution is 2.37. The number of nitro benzene ring substituents is 1. The van der Waals surface area contributed by atoms with Crippen molar-refractivity contribution in [3.8, 4) is 0 Å². The molecule has 0 bridgehead atoms. The van der Waals surface area contributed by atoms with Gasteiger partial charge in [-0.25, -0.2) is 9.78 Å². The smallest absolute Gasteiger partial charge is 0.338 e. The van der Waals surface area contributed by atoms with Gasteiger partial charge in [0.1, 0.15) is 12.1 Å². The number of carboxylic acids is 1. The highest BCUT2D eigenvalue weighted by molar-refractivity contribution is 7.11. The van der Waals surface area contributed by atoms with Gasteiger partial charge in [0.05, 0.1) is 35.9 Å². The number of rotatable bonds is 8. The van der Waals surface area contributed by atoms with Crippen LogP contribution in [-0.4, -0.2) is 76.6 Å². The number of benzene rings is 1. The van der Waals surface area contributed by atoms with Gasteiger partial charge in [0.2, 0.25) is 0 Å². The zero-order valence-electron chi connectivity index (χ0n) is 18.7. The summed E-state index contributed by atoms with van der Waals surface area (Å²) < 4.78 is 10.6. The fourth-order valence-electron chi connectivity index (χ4n) is 3.99. The van der Waals surface area contributed by atoms with Crippen molar-refractivity contribution < 1.29 is 29.1 Å². The van der Waals surface area contributed by atoms with Gasteiger partial charge in [0.25, 0.3) is 5.69 Å². The fourth-order valence-corrected chi connectivity index (χ4v) is 4.57. The maximum Gasteiger partial charge on any atom is 0.338 e. The van der Waals surface area contributed by atoms with Crippen molar-refractivity contribution >= 4 is 34.8 Å². The molecule has 4 rings (SSSR count). The van der Waals surface area contributed by atoms with Crippen LogP contribution in [-0.2, 0) is 19.1 Å². The predicted molar refractivity (Wildman–Crippen MR) is 125 cm³/mol. The van der Waals surface area contributed by atoms with Crippen molar-refractivity contribution in [1.29, 1.82) is 0 Å². The molecule has 35 heavy (non-hydrogen) atoms. The zero-order valence-corrected chi connectivity index (χ0v) is 19.6. The summed E-state index contributed by atoms with van der Waals surface area (Å²) in [7, 11) is 0. The number of esters is 1. The monoisotopic (exact) mass is 501 g/mol. The number of hydrogen-bond acceptors (Lipinski definition) is 11. The van der Waals surface area contributed by atoms with Crippen LogP contribution < -0.4 is 5.32 Å². The molecule has 2 aromatic rings. The number of nitrogens with zero attached hydrogens (tertiary/aromatic N) is 4. The molecule has 1 aromatic heterocycles. The molecule has 184 valence electrons. The molecule has 2 aliphatic rings. The normalized spacial score (nSPS) is 20.7. The lowest BCUT2D eigenvalue weighted by molar-refractivity contribution is -0.385.